The van der Waals surface area contributed by atoms with Gasteiger partial charge in [-0.3, -0.25) is 4.79 Å². The molecule has 0 saturated heterocycles. The van der Waals surface area contributed by atoms with Crippen molar-refractivity contribution in [2.45, 2.75) is 25.3 Å². The fraction of sp³-hybridized carbons (Fsp3) is 0.385. The van der Waals surface area contributed by atoms with E-state index in [0.29, 0.717) is 5.56 Å². The molecule has 21 heavy (non-hydrogen) atoms. The fourth-order valence-electron chi connectivity index (χ4n) is 1.74. The van der Waals surface area contributed by atoms with Crippen LogP contribution in [0.4, 0.5) is 13.2 Å². The van der Waals surface area contributed by atoms with Crippen LogP contribution >= 0.6 is 15.9 Å². The lowest BCUT2D eigenvalue weighted by atomic mass is 10.0. The van der Waals surface area contributed by atoms with E-state index in [9.17, 15) is 18.0 Å². The van der Waals surface area contributed by atoms with Crippen molar-refractivity contribution in [2.24, 2.45) is 5.16 Å². The van der Waals surface area contributed by atoms with Crippen molar-refractivity contribution in [2.75, 3.05) is 6.61 Å². The van der Waals surface area contributed by atoms with Crippen molar-refractivity contribution in [3.8, 4) is 0 Å². The van der Waals surface area contributed by atoms with E-state index in [4.69, 9.17) is 0 Å². The number of ether oxygens (including phenoxy) is 1. The molecular weight excluding hydrogens is 355 g/mol. The summed E-state index contributed by atoms with van der Waals surface area (Å²) in [4.78, 5) is 15.4. The first kappa shape index (κ1) is 16.0. The van der Waals surface area contributed by atoms with Crippen LogP contribution in [0.2, 0.25) is 0 Å². The monoisotopic (exact) mass is 365 g/mol. The van der Waals surface area contributed by atoms with Gasteiger partial charge in [-0.05, 0) is 24.6 Å². The van der Waals surface area contributed by atoms with Gasteiger partial charge in [0.05, 0.1) is 12.1 Å². The summed E-state index contributed by atoms with van der Waals surface area (Å²) in [6.07, 6.45) is -5.41. The van der Waals surface area contributed by atoms with Gasteiger partial charge in [0, 0.05) is 4.47 Å². The zero-order valence-corrected chi connectivity index (χ0v) is 12.5. The number of hydrogen-bond donors (Lipinski definition) is 0. The molecule has 0 amide bonds. The highest BCUT2D eigenvalue weighted by Gasteiger charge is 2.63. The van der Waals surface area contributed by atoms with Gasteiger partial charge < -0.3 is 9.57 Å². The Balaban J connectivity index is 2.21. The summed E-state index contributed by atoms with van der Waals surface area (Å²) in [7, 11) is 0. The summed E-state index contributed by atoms with van der Waals surface area (Å²) in [5.74, 6) is -3.43. The molecule has 0 fully saturated rings. The highest BCUT2D eigenvalue weighted by Crippen LogP contribution is 2.42. The van der Waals surface area contributed by atoms with Crippen LogP contribution < -0.4 is 0 Å². The highest BCUT2D eigenvalue weighted by atomic mass is 79.9. The lowest BCUT2D eigenvalue weighted by Gasteiger charge is -2.28. The van der Waals surface area contributed by atoms with Crippen molar-refractivity contribution >= 4 is 27.4 Å². The van der Waals surface area contributed by atoms with E-state index in [-0.39, 0.29) is 5.71 Å². The average Bonchev–Trinajstić information content (AvgIpc) is 2.82. The molecule has 0 radical (unpaired) electrons. The molecule has 1 aliphatic heterocycles. The van der Waals surface area contributed by atoms with Gasteiger partial charge >= 0.3 is 12.0 Å². The predicted molar refractivity (Wildman–Crippen MR) is 71.8 cm³/mol. The molecule has 2 rings (SSSR count). The van der Waals surface area contributed by atoms with E-state index in [1.807, 2.05) is 0 Å². The number of hydrogen-bond acceptors (Lipinski definition) is 4. The molecule has 1 aromatic carbocycles. The van der Waals surface area contributed by atoms with Crippen molar-refractivity contribution in [3.63, 3.8) is 0 Å². The summed E-state index contributed by atoms with van der Waals surface area (Å²) in [6, 6.07) is 6.59. The molecule has 0 aromatic heterocycles. The quantitative estimate of drug-likeness (QED) is 0.820. The highest BCUT2D eigenvalue weighted by molar-refractivity contribution is 9.10. The van der Waals surface area contributed by atoms with E-state index in [1.54, 1.807) is 24.3 Å². The maximum atomic E-state index is 13.2. The van der Waals surface area contributed by atoms with Gasteiger partial charge in [0.1, 0.15) is 6.61 Å². The maximum absolute atomic E-state index is 13.2. The fourth-order valence-corrected chi connectivity index (χ4v) is 2.00. The zero-order chi connectivity index (χ0) is 15.7. The minimum absolute atomic E-state index is 0.114. The van der Waals surface area contributed by atoms with Gasteiger partial charge in [-0.1, -0.05) is 33.2 Å². The molecule has 114 valence electrons. The van der Waals surface area contributed by atoms with Crippen molar-refractivity contribution in [1.82, 2.24) is 0 Å². The molecule has 0 aliphatic carbocycles. The number of carbonyl (C=O) groups excluding carboxylic acids is 1. The second-order valence-corrected chi connectivity index (χ2v) is 5.47. The lowest BCUT2D eigenvalue weighted by molar-refractivity contribution is -0.369. The lowest BCUT2D eigenvalue weighted by Crippen LogP contribution is -2.48. The van der Waals surface area contributed by atoms with Gasteiger partial charge in [0.15, 0.2) is 5.78 Å². The van der Waals surface area contributed by atoms with Crippen LogP contribution in [-0.4, -0.2) is 30.1 Å². The van der Waals surface area contributed by atoms with E-state index >= 15 is 0 Å². The van der Waals surface area contributed by atoms with Crippen LogP contribution in [0.1, 0.15) is 18.9 Å². The number of halogens is 4. The molecule has 0 spiro atoms. The Morgan fingerprint density at radius 2 is 2.05 bits per heavy atom. The first-order chi connectivity index (χ1) is 9.73. The third-order valence-electron chi connectivity index (χ3n) is 2.82. The van der Waals surface area contributed by atoms with E-state index in [1.165, 1.54) is 0 Å². The van der Waals surface area contributed by atoms with E-state index in [2.05, 4.69) is 30.7 Å². The van der Waals surface area contributed by atoms with Crippen LogP contribution in [0.5, 0.6) is 0 Å². The summed E-state index contributed by atoms with van der Waals surface area (Å²) in [5.41, 5.74) is 0.610. The van der Waals surface area contributed by atoms with Crippen LogP contribution in [0, 0.1) is 0 Å². The Bertz CT molecular complexity index is 571. The second kappa shape index (κ2) is 5.76. The van der Waals surface area contributed by atoms with Gasteiger partial charge in [-0.25, -0.2) is 0 Å². The molecule has 1 aromatic rings. The van der Waals surface area contributed by atoms with Crippen molar-refractivity contribution in [1.29, 1.82) is 0 Å². The number of rotatable bonds is 4. The van der Waals surface area contributed by atoms with Crippen LogP contribution in [0.25, 0.3) is 0 Å². The first-order valence-corrected chi connectivity index (χ1v) is 6.74. The number of ketones is 1. The van der Waals surface area contributed by atoms with Crippen molar-refractivity contribution in [3.05, 3.63) is 34.3 Å². The molecule has 8 heteroatoms. The summed E-state index contributed by atoms with van der Waals surface area (Å²) < 4.78 is 45.0. The molecular formula is C13H11BrF3NO3. The molecule has 4 nitrogen and oxygen atoms in total. The number of nitrogens with zero attached hydrogens (tertiary/aromatic N) is 1. The summed E-state index contributed by atoms with van der Waals surface area (Å²) in [5, 5.41) is 3.48. The number of benzene rings is 1. The topological polar surface area (TPSA) is 47.9 Å². The Hall–Kier alpha value is -1.41. The van der Waals surface area contributed by atoms with E-state index < -0.39 is 30.8 Å². The normalized spacial score (nSPS) is 21.9. The smallest absolute Gasteiger partial charge is 0.349 e. The number of Topliss-reactive ketones (excluding diaryl/α,β-unsaturated/α-hetero) is 1. The van der Waals surface area contributed by atoms with Crippen molar-refractivity contribution < 1.29 is 27.5 Å². The van der Waals surface area contributed by atoms with Crippen LogP contribution in [0.3, 0.4) is 0 Å². The number of carbonyl (C=O) groups is 1. The minimum Gasteiger partial charge on any atom is -0.349 e. The van der Waals surface area contributed by atoms with Gasteiger partial charge in [-0.15, -0.1) is 0 Å². The summed E-state index contributed by atoms with van der Waals surface area (Å²) in [6.45, 7) is 0.443. The Kier molecular flexibility index (Phi) is 4.38. The number of oxime groups is 1. The van der Waals surface area contributed by atoms with Crippen LogP contribution in [-0.2, 0) is 14.4 Å². The maximum Gasteiger partial charge on any atom is 0.458 e. The molecule has 0 bridgehead atoms. The third-order valence-corrected chi connectivity index (χ3v) is 3.35. The van der Waals surface area contributed by atoms with Gasteiger partial charge in [0.2, 0.25) is 0 Å². The minimum atomic E-state index is -4.80. The predicted octanol–water partition coefficient (Wildman–Crippen LogP) is 3.44. The van der Waals surface area contributed by atoms with E-state index in [0.717, 1.165) is 11.4 Å². The average molecular weight is 366 g/mol. The zero-order valence-electron chi connectivity index (χ0n) is 10.9. The van der Waals surface area contributed by atoms with Gasteiger partial charge in [0.25, 0.3) is 0 Å². The molecule has 1 unspecified atom stereocenters. The molecule has 1 atom stereocenters. The standard InChI is InChI=1S/C13H11BrF3NO3/c1-8(19)7-20-12(13(15,16)17)6-11(18-21-12)9-2-4-10(14)5-3-9/h2-5H,6-7H2,1H3. The second-order valence-electron chi connectivity index (χ2n) is 4.55. The Labute approximate surface area is 127 Å². The Morgan fingerprint density at radius 1 is 1.43 bits per heavy atom. The summed E-state index contributed by atoms with van der Waals surface area (Å²) >= 11 is 3.24. The third kappa shape index (κ3) is 3.44. The molecule has 0 N–H and O–H groups in total. The molecule has 1 heterocycles. The molecule has 1 aliphatic rings. The van der Waals surface area contributed by atoms with Crippen LogP contribution in [0.15, 0.2) is 33.9 Å². The van der Waals surface area contributed by atoms with Gasteiger partial charge in [-0.2, -0.15) is 13.2 Å². The SMILES string of the molecule is CC(=O)COC1(C(F)(F)F)CC(c2ccc(Br)cc2)=NO1. The number of alkyl halides is 3. The first-order valence-electron chi connectivity index (χ1n) is 5.95. The molecule has 0 saturated carbocycles. The Morgan fingerprint density at radius 3 is 2.57 bits per heavy atom. The largest absolute Gasteiger partial charge is 0.458 e.